The average Bonchev–Trinajstić information content (AvgIpc) is 2.62. The summed E-state index contributed by atoms with van der Waals surface area (Å²) in [7, 11) is 0. The highest BCUT2D eigenvalue weighted by Crippen LogP contribution is 2.24. The van der Waals surface area contributed by atoms with Crippen LogP contribution < -0.4 is 4.74 Å². The van der Waals surface area contributed by atoms with Crippen molar-refractivity contribution in [2.24, 2.45) is 5.92 Å². The maximum Gasteiger partial charge on any atom is 0.254 e. The Hall–Kier alpha value is -1.62. The molecule has 1 saturated carbocycles. The van der Waals surface area contributed by atoms with E-state index in [9.17, 15) is 9.90 Å². The van der Waals surface area contributed by atoms with E-state index in [2.05, 4.69) is 4.98 Å². The second kappa shape index (κ2) is 7.97. The lowest BCUT2D eigenvalue weighted by Gasteiger charge is -2.34. The van der Waals surface area contributed by atoms with Crippen molar-refractivity contribution in [2.45, 2.75) is 64.1 Å². The lowest BCUT2D eigenvalue weighted by Crippen LogP contribution is -2.42. The summed E-state index contributed by atoms with van der Waals surface area (Å²) in [6.07, 6.45) is 9.27. The lowest BCUT2D eigenvalue weighted by molar-refractivity contribution is 0.0465. The molecule has 2 unspecified atom stereocenters. The van der Waals surface area contributed by atoms with Crippen LogP contribution in [0.4, 0.5) is 0 Å². The van der Waals surface area contributed by atoms with Gasteiger partial charge in [-0.1, -0.05) is 6.42 Å². The molecule has 1 aromatic rings. The first-order chi connectivity index (χ1) is 11.6. The SMILES string of the molecule is CC(O)C1CCCN(C(=O)c2ccnc(OC3CCCCC3)c2)C1. The van der Waals surface area contributed by atoms with Crippen LogP contribution >= 0.6 is 0 Å². The lowest BCUT2D eigenvalue weighted by atomic mass is 9.93. The minimum absolute atomic E-state index is 0.0104. The number of pyridine rings is 1. The Labute approximate surface area is 144 Å². The van der Waals surface area contributed by atoms with Crippen molar-refractivity contribution in [3.63, 3.8) is 0 Å². The minimum Gasteiger partial charge on any atom is -0.474 e. The first-order valence-electron chi connectivity index (χ1n) is 9.23. The van der Waals surface area contributed by atoms with Gasteiger partial charge in [-0.05, 0) is 51.5 Å². The predicted molar refractivity (Wildman–Crippen MR) is 92.0 cm³/mol. The van der Waals surface area contributed by atoms with Gasteiger partial charge in [-0.3, -0.25) is 4.79 Å². The van der Waals surface area contributed by atoms with Gasteiger partial charge in [0, 0.05) is 36.8 Å². The summed E-state index contributed by atoms with van der Waals surface area (Å²) in [5, 5.41) is 9.81. The van der Waals surface area contributed by atoms with Crippen LogP contribution in [0.2, 0.25) is 0 Å². The number of aromatic nitrogens is 1. The van der Waals surface area contributed by atoms with Crippen molar-refractivity contribution in [1.29, 1.82) is 0 Å². The third kappa shape index (κ3) is 4.26. The second-order valence-electron chi connectivity index (χ2n) is 7.15. The van der Waals surface area contributed by atoms with E-state index in [0.717, 1.165) is 32.2 Å². The topological polar surface area (TPSA) is 62.7 Å². The summed E-state index contributed by atoms with van der Waals surface area (Å²) in [4.78, 5) is 18.9. The second-order valence-corrected chi connectivity index (χ2v) is 7.15. The maximum atomic E-state index is 12.8. The van der Waals surface area contributed by atoms with E-state index >= 15 is 0 Å². The number of carbonyl (C=O) groups is 1. The quantitative estimate of drug-likeness (QED) is 0.920. The van der Waals surface area contributed by atoms with E-state index < -0.39 is 0 Å². The molecule has 1 N–H and O–H groups in total. The van der Waals surface area contributed by atoms with Crippen molar-refractivity contribution in [2.75, 3.05) is 13.1 Å². The number of aliphatic hydroxyl groups excluding tert-OH is 1. The molecule has 1 aromatic heterocycles. The number of aliphatic hydroxyl groups is 1. The highest BCUT2D eigenvalue weighted by atomic mass is 16.5. The highest BCUT2D eigenvalue weighted by Gasteiger charge is 2.27. The zero-order valence-electron chi connectivity index (χ0n) is 14.5. The Balaban J connectivity index is 1.65. The van der Waals surface area contributed by atoms with Crippen LogP contribution in [-0.2, 0) is 0 Å². The molecule has 1 saturated heterocycles. The van der Waals surface area contributed by atoms with E-state index in [4.69, 9.17) is 4.74 Å². The molecule has 2 fully saturated rings. The van der Waals surface area contributed by atoms with Gasteiger partial charge in [0.1, 0.15) is 6.10 Å². The first kappa shape index (κ1) is 17.2. The number of rotatable bonds is 4. The molecule has 0 aromatic carbocycles. The Kier molecular flexibility index (Phi) is 5.72. The van der Waals surface area contributed by atoms with E-state index in [1.165, 1.54) is 19.3 Å². The summed E-state index contributed by atoms with van der Waals surface area (Å²) in [5.74, 6) is 0.732. The molecule has 3 rings (SSSR count). The fraction of sp³-hybridized carbons (Fsp3) is 0.684. The molecule has 5 heteroatoms. The number of hydrogen-bond donors (Lipinski definition) is 1. The van der Waals surface area contributed by atoms with Gasteiger partial charge in [0.15, 0.2) is 0 Å². The third-order valence-corrected chi connectivity index (χ3v) is 5.25. The maximum absolute atomic E-state index is 12.8. The molecule has 132 valence electrons. The summed E-state index contributed by atoms with van der Waals surface area (Å²) in [6.45, 7) is 3.18. The highest BCUT2D eigenvalue weighted by molar-refractivity contribution is 5.94. The molecular formula is C19H28N2O3. The molecule has 0 bridgehead atoms. The molecule has 0 radical (unpaired) electrons. The number of ether oxygens (including phenoxy) is 1. The van der Waals surface area contributed by atoms with Crippen molar-refractivity contribution < 1.29 is 14.6 Å². The number of hydrogen-bond acceptors (Lipinski definition) is 4. The molecule has 1 amide bonds. The van der Waals surface area contributed by atoms with E-state index in [1.54, 1.807) is 25.3 Å². The number of likely N-dealkylation sites (tertiary alicyclic amines) is 1. The average molecular weight is 332 g/mol. The van der Waals surface area contributed by atoms with Crippen LogP contribution in [0.5, 0.6) is 5.88 Å². The Morgan fingerprint density at radius 1 is 1.29 bits per heavy atom. The van der Waals surface area contributed by atoms with E-state index in [0.29, 0.717) is 18.0 Å². The largest absolute Gasteiger partial charge is 0.474 e. The van der Waals surface area contributed by atoms with E-state index in [-0.39, 0.29) is 24.0 Å². The number of piperidine rings is 1. The normalized spacial score (nSPS) is 23.8. The fourth-order valence-corrected chi connectivity index (χ4v) is 3.73. The van der Waals surface area contributed by atoms with Crippen LogP contribution in [0.1, 0.15) is 62.2 Å². The fourth-order valence-electron chi connectivity index (χ4n) is 3.73. The summed E-state index contributed by atoms with van der Waals surface area (Å²) in [6, 6.07) is 3.52. The Bertz CT molecular complexity index is 555. The van der Waals surface area contributed by atoms with Gasteiger partial charge in [0.2, 0.25) is 5.88 Å². The van der Waals surface area contributed by atoms with Gasteiger partial charge in [0.05, 0.1) is 6.10 Å². The van der Waals surface area contributed by atoms with Gasteiger partial charge in [-0.2, -0.15) is 0 Å². The van der Waals surface area contributed by atoms with Gasteiger partial charge in [-0.15, -0.1) is 0 Å². The molecule has 1 aliphatic heterocycles. The van der Waals surface area contributed by atoms with Crippen molar-refractivity contribution in [1.82, 2.24) is 9.88 Å². The molecule has 5 nitrogen and oxygen atoms in total. The molecule has 0 spiro atoms. The Morgan fingerprint density at radius 3 is 2.83 bits per heavy atom. The monoisotopic (exact) mass is 332 g/mol. The van der Waals surface area contributed by atoms with Crippen LogP contribution in [0, 0.1) is 5.92 Å². The number of nitrogens with zero attached hydrogens (tertiary/aromatic N) is 2. The smallest absolute Gasteiger partial charge is 0.254 e. The van der Waals surface area contributed by atoms with Crippen LogP contribution in [-0.4, -0.2) is 46.2 Å². The molecule has 2 aliphatic rings. The molecular weight excluding hydrogens is 304 g/mol. The first-order valence-corrected chi connectivity index (χ1v) is 9.23. The van der Waals surface area contributed by atoms with Gasteiger partial charge < -0.3 is 14.7 Å². The van der Waals surface area contributed by atoms with Crippen LogP contribution in [0.25, 0.3) is 0 Å². The van der Waals surface area contributed by atoms with Gasteiger partial charge in [-0.25, -0.2) is 4.98 Å². The van der Waals surface area contributed by atoms with Gasteiger partial charge in [0.25, 0.3) is 5.91 Å². The van der Waals surface area contributed by atoms with Crippen LogP contribution in [0.3, 0.4) is 0 Å². The standard InChI is InChI=1S/C19H28N2O3/c1-14(22)16-6-5-11-21(13-16)19(23)15-9-10-20-18(12-15)24-17-7-3-2-4-8-17/h9-10,12,14,16-17,22H,2-8,11,13H2,1H3. The van der Waals surface area contributed by atoms with Crippen molar-refractivity contribution in [3.8, 4) is 5.88 Å². The molecule has 2 heterocycles. The van der Waals surface area contributed by atoms with Crippen molar-refractivity contribution >= 4 is 5.91 Å². The predicted octanol–water partition coefficient (Wildman–Crippen LogP) is 3.03. The minimum atomic E-state index is -0.372. The van der Waals surface area contributed by atoms with Gasteiger partial charge >= 0.3 is 0 Å². The summed E-state index contributed by atoms with van der Waals surface area (Å²) >= 11 is 0. The summed E-state index contributed by atoms with van der Waals surface area (Å²) < 4.78 is 5.97. The zero-order valence-corrected chi connectivity index (χ0v) is 14.5. The van der Waals surface area contributed by atoms with E-state index in [1.807, 2.05) is 4.90 Å². The van der Waals surface area contributed by atoms with Crippen molar-refractivity contribution in [3.05, 3.63) is 23.9 Å². The molecule has 1 aliphatic carbocycles. The third-order valence-electron chi connectivity index (χ3n) is 5.25. The molecule has 24 heavy (non-hydrogen) atoms. The Morgan fingerprint density at radius 2 is 2.08 bits per heavy atom. The summed E-state index contributed by atoms with van der Waals surface area (Å²) in [5.41, 5.74) is 0.627. The number of amides is 1. The van der Waals surface area contributed by atoms with Crippen LogP contribution in [0.15, 0.2) is 18.3 Å². The number of carbonyl (C=O) groups excluding carboxylic acids is 1. The zero-order chi connectivity index (χ0) is 16.9. The molecule has 2 atom stereocenters.